The Balaban J connectivity index is 1.99. The summed E-state index contributed by atoms with van der Waals surface area (Å²) in [5.74, 6) is -1.32. The van der Waals surface area contributed by atoms with Crippen molar-refractivity contribution in [3.8, 4) is 11.5 Å². The summed E-state index contributed by atoms with van der Waals surface area (Å²) in [6.45, 7) is 11.3. The van der Waals surface area contributed by atoms with Gasteiger partial charge >= 0.3 is 0 Å². The van der Waals surface area contributed by atoms with Gasteiger partial charge in [0.05, 0.1) is 0 Å². The number of rotatable bonds is 13. The lowest BCUT2D eigenvalue weighted by atomic mass is 10.1. The van der Waals surface area contributed by atoms with Crippen LogP contribution < -0.4 is 14.8 Å². The monoisotopic (exact) mass is 485 g/mol. The maximum absolute atomic E-state index is 14.4. The number of allylic oxidation sites excluding steroid dienone is 2. The number of carbonyl (C=O) groups excluding carboxylic acids is 1. The number of likely N-dealkylation sites (N-methyl/N-ethyl adjacent to an activating group) is 2. The van der Waals surface area contributed by atoms with E-state index in [-0.39, 0.29) is 18.1 Å². The Bertz CT molecular complexity index is 1060. The lowest BCUT2D eigenvalue weighted by molar-refractivity contribution is -0.125. The van der Waals surface area contributed by atoms with Crippen molar-refractivity contribution in [2.45, 2.75) is 13.5 Å². The fourth-order valence-corrected chi connectivity index (χ4v) is 3.04. The van der Waals surface area contributed by atoms with E-state index < -0.39 is 17.4 Å². The molecule has 0 saturated carbocycles. The number of amides is 1. The number of benzene rings is 2. The highest BCUT2D eigenvalue weighted by molar-refractivity contribution is 5.90. The Morgan fingerprint density at radius 2 is 1.77 bits per heavy atom. The molecule has 0 saturated heterocycles. The van der Waals surface area contributed by atoms with Crippen LogP contribution >= 0.6 is 0 Å². The van der Waals surface area contributed by atoms with Crippen molar-refractivity contribution in [2.75, 3.05) is 40.8 Å². The zero-order valence-corrected chi connectivity index (χ0v) is 20.7. The van der Waals surface area contributed by atoms with E-state index in [1.807, 2.05) is 44.1 Å². The molecule has 35 heavy (non-hydrogen) atoms. The molecule has 8 heteroatoms. The Morgan fingerprint density at radius 1 is 1.09 bits per heavy atom. The molecule has 0 fully saturated rings. The number of hydrogen-bond acceptors (Lipinski definition) is 5. The van der Waals surface area contributed by atoms with Gasteiger partial charge in [-0.25, -0.2) is 8.78 Å². The van der Waals surface area contributed by atoms with Gasteiger partial charge < -0.3 is 24.6 Å². The normalized spacial score (nSPS) is 10.9. The van der Waals surface area contributed by atoms with Crippen molar-refractivity contribution in [3.63, 3.8) is 0 Å². The molecule has 0 spiro atoms. The standard InChI is InChI=1S/C27H33F2N3O3/c1-7-30-20(3)35-23-10-8-9-21(15-23)18-32(6)26(33)12-11-19(2)22-16-24(28)27(25(29)17-22)34-14-13-31(4)5/h8-12,15-17,30H,2-3,7,13-14,18H2,1,4-6H3/b12-11-. The van der Waals surface area contributed by atoms with Gasteiger partial charge in [-0.3, -0.25) is 4.79 Å². The second-order valence-electron chi connectivity index (χ2n) is 8.18. The van der Waals surface area contributed by atoms with E-state index in [0.717, 1.165) is 17.7 Å². The molecule has 2 aromatic rings. The van der Waals surface area contributed by atoms with Gasteiger partial charge in [0.1, 0.15) is 12.4 Å². The number of nitrogens with one attached hydrogen (secondary N) is 1. The maximum atomic E-state index is 14.4. The van der Waals surface area contributed by atoms with Crippen LogP contribution in [0.4, 0.5) is 8.78 Å². The van der Waals surface area contributed by atoms with Crippen molar-refractivity contribution in [1.82, 2.24) is 15.1 Å². The van der Waals surface area contributed by atoms with E-state index in [1.54, 1.807) is 13.1 Å². The molecule has 6 nitrogen and oxygen atoms in total. The predicted octanol–water partition coefficient (Wildman–Crippen LogP) is 4.59. The minimum absolute atomic E-state index is 0.154. The summed E-state index contributed by atoms with van der Waals surface area (Å²) < 4.78 is 39.6. The third-order valence-electron chi connectivity index (χ3n) is 4.89. The number of halogens is 2. The first-order valence-corrected chi connectivity index (χ1v) is 11.2. The predicted molar refractivity (Wildman–Crippen MR) is 135 cm³/mol. The summed E-state index contributed by atoms with van der Waals surface area (Å²) in [6, 6.07) is 9.61. The van der Waals surface area contributed by atoms with Crippen molar-refractivity contribution >= 4 is 11.5 Å². The highest BCUT2D eigenvalue weighted by Gasteiger charge is 2.14. The molecular weight excluding hydrogens is 452 g/mol. The maximum Gasteiger partial charge on any atom is 0.246 e. The molecule has 0 aliphatic rings. The molecule has 0 heterocycles. The van der Waals surface area contributed by atoms with Crippen LogP contribution in [0.1, 0.15) is 18.1 Å². The highest BCUT2D eigenvalue weighted by atomic mass is 19.1. The highest BCUT2D eigenvalue weighted by Crippen LogP contribution is 2.27. The largest absolute Gasteiger partial charge is 0.486 e. The average molecular weight is 486 g/mol. The molecule has 0 radical (unpaired) electrons. The lowest BCUT2D eigenvalue weighted by Gasteiger charge is -2.16. The molecule has 1 amide bonds. The van der Waals surface area contributed by atoms with E-state index >= 15 is 0 Å². The first-order valence-electron chi connectivity index (χ1n) is 11.2. The molecule has 0 aliphatic heterocycles. The van der Waals surface area contributed by atoms with Crippen LogP contribution in [0.15, 0.2) is 67.6 Å². The van der Waals surface area contributed by atoms with Gasteiger partial charge in [0.25, 0.3) is 0 Å². The molecule has 0 unspecified atom stereocenters. The topological polar surface area (TPSA) is 54.0 Å². The summed E-state index contributed by atoms with van der Waals surface area (Å²) >= 11 is 0. The molecule has 1 N–H and O–H groups in total. The van der Waals surface area contributed by atoms with E-state index in [0.29, 0.717) is 36.8 Å². The molecule has 0 aliphatic carbocycles. The summed E-state index contributed by atoms with van der Waals surface area (Å²) in [5.41, 5.74) is 1.38. The van der Waals surface area contributed by atoms with Crippen LogP contribution in [-0.2, 0) is 11.3 Å². The van der Waals surface area contributed by atoms with E-state index in [2.05, 4.69) is 18.5 Å². The molecule has 0 bridgehead atoms. The van der Waals surface area contributed by atoms with Crippen LogP contribution in [-0.4, -0.2) is 56.5 Å². The minimum atomic E-state index is -0.823. The zero-order valence-electron chi connectivity index (χ0n) is 20.7. The fourth-order valence-electron chi connectivity index (χ4n) is 3.04. The number of hydrogen-bond donors (Lipinski definition) is 1. The lowest BCUT2D eigenvalue weighted by Crippen LogP contribution is -2.24. The van der Waals surface area contributed by atoms with Crippen molar-refractivity contribution < 1.29 is 23.0 Å². The third kappa shape index (κ3) is 8.90. The second kappa shape index (κ2) is 13.3. The summed E-state index contributed by atoms with van der Waals surface area (Å²) in [5, 5.41) is 2.98. The SMILES string of the molecule is C=C(NCC)Oc1cccc(CN(C)C(=O)/C=C\C(=C)c2cc(F)c(OCCN(C)C)c(F)c2)c1. The average Bonchev–Trinajstić information content (AvgIpc) is 2.79. The first-order chi connectivity index (χ1) is 16.6. The smallest absolute Gasteiger partial charge is 0.246 e. The summed E-state index contributed by atoms with van der Waals surface area (Å²) in [7, 11) is 5.33. The second-order valence-corrected chi connectivity index (χ2v) is 8.18. The van der Waals surface area contributed by atoms with E-state index in [4.69, 9.17) is 9.47 Å². The number of carbonyl (C=O) groups is 1. The zero-order chi connectivity index (χ0) is 26.0. The Labute approximate surface area is 206 Å². The fraction of sp³-hybridized carbons (Fsp3) is 0.296. The minimum Gasteiger partial charge on any atom is -0.486 e. The van der Waals surface area contributed by atoms with Gasteiger partial charge in [0, 0.05) is 32.8 Å². The molecule has 2 rings (SSSR count). The number of nitrogens with zero attached hydrogens (tertiary/aromatic N) is 2. The van der Waals surface area contributed by atoms with Gasteiger partial charge in [0.15, 0.2) is 23.3 Å². The van der Waals surface area contributed by atoms with Gasteiger partial charge in [-0.15, -0.1) is 0 Å². The van der Waals surface area contributed by atoms with Crippen molar-refractivity contribution in [1.29, 1.82) is 0 Å². The molecular formula is C27H33F2N3O3. The quantitative estimate of drug-likeness (QED) is 0.256. The number of ether oxygens (including phenoxy) is 2. The van der Waals surface area contributed by atoms with E-state index in [9.17, 15) is 13.6 Å². The van der Waals surface area contributed by atoms with E-state index in [1.165, 1.54) is 17.1 Å². The van der Waals surface area contributed by atoms with Gasteiger partial charge in [-0.1, -0.05) is 18.7 Å². The van der Waals surface area contributed by atoms with Crippen molar-refractivity contribution in [2.24, 2.45) is 0 Å². The third-order valence-corrected chi connectivity index (χ3v) is 4.89. The summed E-state index contributed by atoms with van der Waals surface area (Å²) in [6.07, 6.45) is 2.74. The Kier molecular flexibility index (Phi) is 10.5. The van der Waals surface area contributed by atoms with Crippen molar-refractivity contribution in [3.05, 3.63) is 90.4 Å². The Hall–Kier alpha value is -3.65. The molecule has 188 valence electrons. The van der Waals surface area contributed by atoms with Crippen LogP contribution in [0, 0.1) is 11.6 Å². The van der Waals surface area contributed by atoms with Gasteiger partial charge in [-0.05, 0) is 74.6 Å². The van der Waals surface area contributed by atoms with Crippen LogP contribution in [0.5, 0.6) is 11.5 Å². The molecule has 0 atom stereocenters. The van der Waals surface area contributed by atoms with Crippen LogP contribution in [0.2, 0.25) is 0 Å². The first kappa shape index (κ1) is 27.6. The summed E-state index contributed by atoms with van der Waals surface area (Å²) in [4.78, 5) is 15.9. The molecule has 2 aromatic carbocycles. The Morgan fingerprint density at radius 3 is 2.40 bits per heavy atom. The van der Waals surface area contributed by atoms with Crippen LogP contribution in [0.25, 0.3) is 5.57 Å². The van der Waals surface area contributed by atoms with Gasteiger partial charge in [-0.2, -0.15) is 0 Å². The van der Waals surface area contributed by atoms with Gasteiger partial charge in [0.2, 0.25) is 5.91 Å². The van der Waals surface area contributed by atoms with Crippen LogP contribution in [0.3, 0.4) is 0 Å². The molecule has 0 aromatic heterocycles.